The van der Waals surface area contributed by atoms with Gasteiger partial charge in [-0.15, -0.1) is 0 Å². The molecule has 0 saturated carbocycles. The van der Waals surface area contributed by atoms with Gasteiger partial charge in [0.15, 0.2) is 0 Å². The molecule has 1 aliphatic heterocycles. The first-order valence-electron chi connectivity index (χ1n) is 7.89. The van der Waals surface area contributed by atoms with Gasteiger partial charge in [-0.3, -0.25) is 9.59 Å². The first kappa shape index (κ1) is 16.8. The molecule has 3 rings (SSSR count). The Morgan fingerprint density at radius 1 is 1.04 bits per heavy atom. The number of carbonyl (C=O) groups is 2. The summed E-state index contributed by atoms with van der Waals surface area (Å²) in [5.41, 5.74) is 2.42. The van der Waals surface area contributed by atoms with Crippen LogP contribution in [0.2, 0.25) is 0 Å². The fraction of sp³-hybridized carbons (Fsp3) is 0.200. The quantitative estimate of drug-likeness (QED) is 0.531. The smallest absolute Gasteiger partial charge is 0.295 e. The van der Waals surface area contributed by atoms with Crippen molar-refractivity contribution in [1.82, 2.24) is 4.90 Å². The van der Waals surface area contributed by atoms with Crippen molar-refractivity contribution in [2.75, 3.05) is 14.2 Å². The van der Waals surface area contributed by atoms with E-state index in [1.807, 2.05) is 31.2 Å². The third kappa shape index (κ3) is 2.89. The summed E-state index contributed by atoms with van der Waals surface area (Å²) in [5, 5.41) is 10.7. The highest BCUT2D eigenvalue weighted by molar-refractivity contribution is 6.46. The molecular weight excluding hydrogens is 318 g/mol. The second-order valence-corrected chi connectivity index (χ2v) is 6.05. The Hall–Kier alpha value is -3.08. The van der Waals surface area contributed by atoms with Crippen LogP contribution in [0.25, 0.3) is 5.76 Å². The number of hydrogen-bond acceptors (Lipinski definition) is 4. The maximum absolute atomic E-state index is 12.5. The minimum atomic E-state index is -0.679. The molecule has 0 aromatic heterocycles. The van der Waals surface area contributed by atoms with E-state index in [0.717, 1.165) is 11.1 Å². The van der Waals surface area contributed by atoms with Gasteiger partial charge < -0.3 is 14.7 Å². The predicted molar refractivity (Wildman–Crippen MR) is 94.2 cm³/mol. The topological polar surface area (TPSA) is 66.8 Å². The monoisotopic (exact) mass is 337 g/mol. The molecule has 0 radical (unpaired) electrons. The molecule has 0 spiro atoms. The Balaban J connectivity index is 2.12. The number of aliphatic hydroxyl groups excluding tert-OH is 1. The molecule has 1 N–H and O–H groups in total. The number of methoxy groups -OCH3 is 1. The molecule has 25 heavy (non-hydrogen) atoms. The molecule has 0 aliphatic carbocycles. The number of ether oxygens (including phenoxy) is 1. The highest BCUT2D eigenvalue weighted by atomic mass is 16.5. The summed E-state index contributed by atoms with van der Waals surface area (Å²) in [7, 11) is 3.12. The van der Waals surface area contributed by atoms with E-state index in [4.69, 9.17) is 4.74 Å². The van der Waals surface area contributed by atoms with E-state index in [2.05, 4.69) is 0 Å². The molecule has 0 bridgehead atoms. The standard InChI is InChI=1S/C20H19NO4/c1-12-4-6-13(7-5-12)17-16(19(23)20(24)21(17)2)18(22)14-8-10-15(25-3)11-9-14/h4-11,17,22H,1-3H3/b18-16-. The number of amides is 1. The van der Waals surface area contributed by atoms with Crippen molar-refractivity contribution in [2.45, 2.75) is 13.0 Å². The molecular formula is C20H19NO4. The van der Waals surface area contributed by atoms with Gasteiger partial charge in [0.1, 0.15) is 11.5 Å². The van der Waals surface area contributed by atoms with Gasteiger partial charge in [0.25, 0.3) is 11.7 Å². The van der Waals surface area contributed by atoms with Crippen molar-refractivity contribution >= 4 is 17.4 Å². The zero-order valence-corrected chi connectivity index (χ0v) is 14.3. The second-order valence-electron chi connectivity index (χ2n) is 6.05. The lowest BCUT2D eigenvalue weighted by Crippen LogP contribution is -2.24. The van der Waals surface area contributed by atoms with E-state index in [1.54, 1.807) is 38.4 Å². The maximum atomic E-state index is 12.5. The van der Waals surface area contributed by atoms with E-state index in [0.29, 0.717) is 11.3 Å². The van der Waals surface area contributed by atoms with Crippen LogP contribution < -0.4 is 4.74 Å². The predicted octanol–water partition coefficient (Wildman–Crippen LogP) is 3.06. The van der Waals surface area contributed by atoms with E-state index in [-0.39, 0.29) is 11.3 Å². The Kier molecular flexibility index (Phi) is 4.31. The molecule has 5 heteroatoms. The van der Waals surface area contributed by atoms with Crippen LogP contribution in [-0.4, -0.2) is 35.9 Å². The second kappa shape index (κ2) is 6.43. The van der Waals surface area contributed by atoms with Crippen LogP contribution in [0.4, 0.5) is 0 Å². The van der Waals surface area contributed by atoms with Crippen molar-refractivity contribution in [3.63, 3.8) is 0 Å². The van der Waals surface area contributed by atoms with Crippen molar-refractivity contribution in [3.8, 4) is 5.75 Å². The lowest BCUT2D eigenvalue weighted by molar-refractivity contribution is -0.139. The number of rotatable bonds is 3. The van der Waals surface area contributed by atoms with Crippen LogP contribution in [0.15, 0.2) is 54.1 Å². The number of aryl methyl sites for hydroxylation is 1. The first-order valence-corrected chi connectivity index (χ1v) is 7.89. The summed E-state index contributed by atoms with van der Waals surface area (Å²) in [4.78, 5) is 26.0. The van der Waals surface area contributed by atoms with E-state index in [9.17, 15) is 14.7 Å². The van der Waals surface area contributed by atoms with Crippen LogP contribution in [0, 0.1) is 6.92 Å². The van der Waals surface area contributed by atoms with Crippen LogP contribution >= 0.6 is 0 Å². The molecule has 1 fully saturated rings. The number of nitrogens with zero attached hydrogens (tertiary/aromatic N) is 1. The van der Waals surface area contributed by atoms with Gasteiger partial charge in [-0.1, -0.05) is 29.8 Å². The molecule has 5 nitrogen and oxygen atoms in total. The number of hydrogen-bond donors (Lipinski definition) is 1. The van der Waals surface area contributed by atoms with Gasteiger partial charge in [-0.2, -0.15) is 0 Å². The minimum absolute atomic E-state index is 0.0986. The molecule has 1 amide bonds. The lowest BCUT2D eigenvalue weighted by Gasteiger charge is -2.21. The number of Topliss-reactive ketones (excluding diaryl/α,β-unsaturated/α-hetero) is 1. The summed E-state index contributed by atoms with van der Waals surface area (Å²) in [6.07, 6.45) is 0. The Morgan fingerprint density at radius 3 is 2.20 bits per heavy atom. The van der Waals surface area contributed by atoms with Gasteiger partial charge in [0.05, 0.1) is 18.7 Å². The zero-order chi connectivity index (χ0) is 18.1. The van der Waals surface area contributed by atoms with Crippen molar-refractivity contribution < 1.29 is 19.4 Å². The largest absolute Gasteiger partial charge is 0.507 e. The lowest BCUT2D eigenvalue weighted by atomic mass is 9.95. The number of aliphatic hydroxyl groups is 1. The minimum Gasteiger partial charge on any atom is -0.507 e. The SMILES string of the molecule is COc1ccc(/C(O)=C2/C(=O)C(=O)N(C)C2c2ccc(C)cc2)cc1. The van der Waals surface area contributed by atoms with Crippen molar-refractivity contribution in [2.24, 2.45) is 0 Å². The average molecular weight is 337 g/mol. The summed E-state index contributed by atoms with van der Waals surface area (Å²) in [6.45, 7) is 1.96. The summed E-state index contributed by atoms with van der Waals surface area (Å²) >= 11 is 0. The van der Waals surface area contributed by atoms with Gasteiger partial charge in [0.2, 0.25) is 0 Å². The molecule has 2 aromatic rings. The van der Waals surface area contributed by atoms with Crippen LogP contribution in [0.1, 0.15) is 22.7 Å². The third-order valence-electron chi connectivity index (χ3n) is 4.43. The van der Waals surface area contributed by atoms with Gasteiger partial charge in [0, 0.05) is 12.6 Å². The molecule has 2 aromatic carbocycles. The number of ketones is 1. The highest BCUT2D eigenvalue weighted by Gasteiger charge is 2.44. The number of likely N-dealkylation sites (tertiary alicyclic amines) is 1. The number of likely N-dealkylation sites (N-methyl/N-ethyl adjacent to an activating group) is 1. The number of carbonyl (C=O) groups excluding carboxylic acids is 2. The molecule has 1 unspecified atom stereocenters. The van der Waals surface area contributed by atoms with Gasteiger partial charge >= 0.3 is 0 Å². The van der Waals surface area contributed by atoms with Crippen LogP contribution in [-0.2, 0) is 9.59 Å². The summed E-state index contributed by atoms with van der Waals surface area (Å²) < 4.78 is 5.10. The molecule has 1 heterocycles. The third-order valence-corrected chi connectivity index (χ3v) is 4.43. The number of benzene rings is 2. The molecule has 1 atom stereocenters. The van der Waals surface area contributed by atoms with E-state index < -0.39 is 17.7 Å². The van der Waals surface area contributed by atoms with Crippen molar-refractivity contribution in [3.05, 3.63) is 70.8 Å². The molecule has 1 aliphatic rings. The summed E-state index contributed by atoms with van der Waals surface area (Å²) in [6, 6.07) is 13.6. The highest BCUT2D eigenvalue weighted by Crippen LogP contribution is 2.38. The Bertz CT molecular complexity index is 850. The Morgan fingerprint density at radius 2 is 1.64 bits per heavy atom. The van der Waals surface area contributed by atoms with Crippen LogP contribution in [0.3, 0.4) is 0 Å². The average Bonchev–Trinajstić information content (AvgIpc) is 2.86. The Labute approximate surface area is 146 Å². The van der Waals surface area contributed by atoms with Crippen LogP contribution in [0.5, 0.6) is 5.75 Å². The van der Waals surface area contributed by atoms with Gasteiger partial charge in [-0.05, 0) is 36.8 Å². The van der Waals surface area contributed by atoms with E-state index in [1.165, 1.54) is 4.90 Å². The maximum Gasteiger partial charge on any atom is 0.295 e. The fourth-order valence-corrected chi connectivity index (χ4v) is 2.99. The fourth-order valence-electron chi connectivity index (χ4n) is 2.99. The first-order chi connectivity index (χ1) is 11.9. The van der Waals surface area contributed by atoms with Gasteiger partial charge in [-0.25, -0.2) is 0 Å². The normalized spacial score (nSPS) is 19.3. The van der Waals surface area contributed by atoms with Crippen molar-refractivity contribution in [1.29, 1.82) is 0 Å². The zero-order valence-electron chi connectivity index (χ0n) is 14.3. The molecule has 128 valence electrons. The summed E-state index contributed by atoms with van der Waals surface area (Å²) in [5.74, 6) is -0.847. The van der Waals surface area contributed by atoms with E-state index >= 15 is 0 Å². The molecule has 1 saturated heterocycles.